The van der Waals surface area contributed by atoms with Crippen molar-refractivity contribution in [2.45, 2.75) is 59.0 Å². The number of hydrogen-bond acceptors (Lipinski definition) is 3. The van der Waals surface area contributed by atoms with Gasteiger partial charge >= 0.3 is 0 Å². The number of piperidine rings is 1. The second-order valence-corrected chi connectivity index (χ2v) is 9.12. The van der Waals surface area contributed by atoms with E-state index in [-0.39, 0.29) is 6.04 Å². The zero-order valence-electron chi connectivity index (χ0n) is 20.2. The number of likely N-dealkylation sites (tertiary alicyclic amines) is 1. The smallest absolute Gasteiger partial charge is 0.191 e. The quantitative estimate of drug-likeness (QED) is 0.527. The second kappa shape index (κ2) is 10.8. The Morgan fingerprint density at radius 1 is 1.19 bits per heavy atom. The number of aliphatic imine (C=N–C) groups is 1. The molecule has 0 amide bonds. The summed E-state index contributed by atoms with van der Waals surface area (Å²) in [6, 6.07) is 11.5. The van der Waals surface area contributed by atoms with Gasteiger partial charge in [-0.3, -0.25) is 14.6 Å². The molecule has 2 atom stereocenters. The maximum absolute atomic E-state index is 4.55. The van der Waals surface area contributed by atoms with Crippen molar-refractivity contribution in [1.29, 1.82) is 0 Å². The van der Waals surface area contributed by atoms with Crippen LogP contribution in [0.4, 0.5) is 0 Å². The molecule has 1 aromatic carbocycles. The summed E-state index contributed by atoms with van der Waals surface area (Å²) in [6.45, 7) is 12.0. The van der Waals surface area contributed by atoms with Crippen molar-refractivity contribution in [2.24, 2.45) is 18.0 Å². The van der Waals surface area contributed by atoms with Crippen LogP contribution in [0.15, 0.2) is 35.3 Å². The summed E-state index contributed by atoms with van der Waals surface area (Å²) in [5.41, 5.74) is 5.04. The van der Waals surface area contributed by atoms with Gasteiger partial charge in [0.25, 0.3) is 0 Å². The molecule has 2 aromatic rings. The molecule has 2 heterocycles. The van der Waals surface area contributed by atoms with Crippen LogP contribution in [0.5, 0.6) is 0 Å². The van der Waals surface area contributed by atoms with E-state index in [1.54, 1.807) is 0 Å². The molecular formula is C25H40N6. The van der Waals surface area contributed by atoms with E-state index in [4.69, 9.17) is 0 Å². The summed E-state index contributed by atoms with van der Waals surface area (Å²) in [6.07, 6.45) is 3.48. The van der Waals surface area contributed by atoms with Gasteiger partial charge in [-0.05, 0) is 70.2 Å². The van der Waals surface area contributed by atoms with Crippen molar-refractivity contribution in [3.63, 3.8) is 0 Å². The average Bonchev–Trinajstić information content (AvgIpc) is 3.00. The predicted octanol–water partition coefficient (Wildman–Crippen LogP) is 3.61. The Kier molecular flexibility index (Phi) is 8.13. The number of aryl methyl sites for hydroxylation is 2. The van der Waals surface area contributed by atoms with Crippen molar-refractivity contribution in [3.05, 3.63) is 52.8 Å². The van der Waals surface area contributed by atoms with Crippen molar-refractivity contribution in [1.82, 2.24) is 25.3 Å². The molecule has 1 aromatic heterocycles. The van der Waals surface area contributed by atoms with E-state index in [1.807, 2.05) is 18.8 Å². The van der Waals surface area contributed by atoms with Crippen LogP contribution in [-0.4, -0.2) is 53.4 Å². The highest BCUT2D eigenvalue weighted by Crippen LogP contribution is 2.26. The third kappa shape index (κ3) is 6.10. The first-order valence-electron chi connectivity index (χ1n) is 11.6. The summed E-state index contributed by atoms with van der Waals surface area (Å²) in [7, 11) is 3.86. The maximum Gasteiger partial charge on any atom is 0.191 e. The van der Waals surface area contributed by atoms with Crippen LogP contribution < -0.4 is 10.6 Å². The number of nitrogens with one attached hydrogen (secondary N) is 2. The molecule has 170 valence electrons. The van der Waals surface area contributed by atoms with Crippen LogP contribution in [0.3, 0.4) is 0 Å². The summed E-state index contributed by atoms with van der Waals surface area (Å²) in [4.78, 5) is 7.12. The second-order valence-electron chi connectivity index (χ2n) is 9.12. The molecule has 0 bridgehead atoms. The van der Waals surface area contributed by atoms with E-state index in [2.05, 4.69) is 83.7 Å². The standard InChI is InChI=1S/C25H40N6/c1-18-12-14-31(15-13-18)24(22-10-8-7-9-11-22)17-27-25(26-5)28-19(2)16-23-20(3)29-30(6)21(23)4/h7-11,18-19,24H,12-17H2,1-6H3,(H2,26,27,28). The van der Waals surface area contributed by atoms with Crippen LogP contribution in [-0.2, 0) is 13.5 Å². The van der Waals surface area contributed by atoms with Crippen molar-refractivity contribution >= 4 is 5.96 Å². The molecule has 1 fully saturated rings. The minimum atomic E-state index is 0.263. The van der Waals surface area contributed by atoms with Gasteiger partial charge in [-0.2, -0.15) is 5.10 Å². The van der Waals surface area contributed by atoms with Crippen molar-refractivity contribution in [3.8, 4) is 0 Å². The van der Waals surface area contributed by atoms with Gasteiger partial charge in [-0.1, -0.05) is 37.3 Å². The van der Waals surface area contributed by atoms with Gasteiger partial charge in [0.15, 0.2) is 5.96 Å². The lowest BCUT2D eigenvalue weighted by Crippen LogP contribution is -2.47. The number of nitrogens with zero attached hydrogens (tertiary/aromatic N) is 4. The first-order chi connectivity index (χ1) is 14.9. The van der Waals surface area contributed by atoms with Gasteiger partial charge in [0.05, 0.1) is 11.7 Å². The number of aromatic nitrogens is 2. The minimum absolute atomic E-state index is 0.263. The normalized spacial score (nSPS) is 18.1. The SMILES string of the molecule is CN=C(NCC(c1ccccc1)N1CCC(C)CC1)NC(C)Cc1c(C)nn(C)c1C. The first-order valence-corrected chi connectivity index (χ1v) is 11.6. The molecule has 31 heavy (non-hydrogen) atoms. The molecule has 0 radical (unpaired) electrons. The molecule has 6 heteroatoms. The molecule has 0 aliphatic carbocycles. The lowest BCUT2D eigenvalue weighted by atomic mass is 9.95. The fraction of sp³-hybridized carbons (Fsp3) is 0.600. The van der Waals surface area contributed by atoms with Crippen molar-refractivity contribution < 1.29 is 0 Å². The molecule has 0 saturated carbocycles. The maximum atomic E-state index is 4.55. The fourth-order valence-corrected chi connectivity index (χ4v) is 4.56. The zero-order valence-corrected chi connectivity index (χ0v) is 20.2. The molecule has 2 N–H and O–H groups in total. The van der Waals surface area contributed by atoms with Gasteiger partial charge in [-0.15, -0.1) is 0 Å². The van der Waals surface area contributed by atoms with E-state index < -0.39 is 0 Å². The Morgan fingerprint density at radius 2 is 1.87 bits per heavy atom. The third-order valence-corrected chi connectivity index (χ3v) is 6.68. The highest BCUT2D eigenvalue weighted by Gasteiger charge is 2.25. The molecule has 2 unspecified atom stereocenters. The topological polar surface area (TPSA) is 57.5 Å². The number of benzene rings is 1. The first kappa shape index (κ1) is 23.3. The summed E-state index contributed by atoms with van der Waals surface area (Å²) < 4.78 is 1.97. The minimum Gasteiger partial charge on any atom is -0.354 e. The molecule has 6 nitrogen and oxygen atoms in total. The Bertz CT molecular complexity index is 848. The Balaban J connectivity index is 1.62. The van der Waals surface area contributed by atoms with E-state index in [0.29, 0.717) is 6.04 Å². The Morgan fingerprint density at radius 3 is 2.45 bits per heavy atom. The third-order valence-electron chi connectivity index (χ3n) is 6.68. The monoisotopic (exact) mass is 424 g/mol. The van der Waals surface area contributed by atoms with E-state index in [9.17, 15) is 0 Å². The summed E-state index contributed by atoms with van der Waals surface area (Å²) >= 11 is 0. The van der Waals surface area contributed by atoms with Gasteiger partial charge < -0.3 is 10.6 Å². The molecule has 1 aliphatic rings. The highest BCUT2D eigenvalue weighted by atomic mass is 15.3. The van der Waals surface area contributed by atoms with Crippen LogP contribution >= 0.6 is 0 Å². The van der Waals surface area contributed by atoms with Gasteiger partial charge in [0.2, 0.25) is 0 Å². The number of guanidine groups is 1. The van der Waals surface area contributed by atoms with Gasteiger partial charge in [0.1, 0.15) is 0 Å². The van der Waals surface area contributed by atoms with Crippen LogP contribution in [0.2, 0.25) is 0 Å². The van der Waals surface area contributed by atoms with Crippen LogP contribution in [0.25, 0.3) is 0 Å². The van der Waals surface area contributed by atoms with E-state index in [1.165, 1.54) is 29.7 Å². The molecule has 0 spiro atoms. The molecule has 3 rings (SSSR count). The number of rotatable bonds is 7. The zero-order chi connectivity index (χ0) is 22.4. The van der Waals surface area contributed by atoms with Gasteiger partial charge in [0, 0.05) is 32.4 Å². The van der Waals surface area contributed by atoms with Crippen LogP contribution in [0, 0.1) is 19.8 Å². The average molecular weight is 425 g/mol. The Labute approximate surface area is 188 Å². The lowest BCUT2D eigenvalue weighted by Gasteiger charge is -2.37. The van der Waals surface area contributed by atoms with Crippen LogP contribution in [0.1, 0.15) is 55.2 Å². The summed E-state index contributed by atoms with van der Waals surface area (Å²) in [5, 5.41) is 11.7. The van der Waals surface area contributed by atoms with E-state index >= 15 is 0 Å². The van der Waals surface area contributed by atoms with Crippen molar-refractivity contribution in [2.75, 3.05) is 26.7 Å². The summed E-state index contributed by atoms with van der Waals surface area (Å²) in [5.74, 6) is 1.69. The molecular weight excluding hydrogens is 384 g/mol. The van der Waals surface area contributed by atoms with Gasteiger partial charge in [-0.25, -0.2) is 0 Å². The molecule has 1 aliphatic heterocycles. The van der Waals surface area contributed by atoms with E-state index in [0.717, 1.165) is 43.6 Å². The Hall–Kier alpha value is -2.34. The molecule has 1 saturated heterocycles. The fourth-order valence-electron chi connectivity index (χ4n) is 4.56. The number of hydrogen-bond donors (Lipinski definition) is 2. The highest BCUT2D eigenvalue weighted by molar-refractivity contribution is 5.80. The lowest BCUT2D eigenvalue weighted by molar-refractivity contribution is 0.138. The predicted molar refractivity (Wildman–Crippen MR) is 129 cm³/mol. The largest absolute Gasteiger partial charge is 0.354 e.